The van der Waals surface area contributed by atoms with Crippen LogP contribution >= 0.6 is 0 Å². The highest BCUT2D eigenvalue weighted by Crippen LogP contribution is 2.18. The molecule has 1 amide bonds. The van der Waals surface area contributed by atoms with E-state index in [0.29, 0.717) is 5.69 Å². The van der Waals surface area contributed by atoms with E-state index in [4.69, 9.17) is 9.63 Å². The Morgan fingerprint density at radius 2 is 2.11 bits per heavy atom. The summed E-state index contributed by atoms with van der Waals surface area (Å²) in [5.41, 5.74) is 0.139. The summed E-state index contributed by atoms with van der Waals surface area (Å²) in [6, 6.07) is 4.37. The second-order valence-electron chi connectivity index (χ2n) is 3.78. The molecule has 0 bridgehead atoms. The molecule has 0 fully saturated rings. The predicted octanol–water partition coefficient (Wildman–Crippen LogP) is 2.07. The SMILES string of the molecule is Cc1cc(C(=O)Nc2cc(F)ccc2C(=O)O)on1. The molecule has 2 aromatic rings. The number of aromatic carboxylic acids is 1. The number of carboxylic acids is 1. The molecule has 0 saturated heterocycles. The number of halogens is 1. The van der Waals surface area contributed by atoms with E-state index in [0.717, 1.165) is 18.2 Å². The number of rotatable bonds is 3. The van der Waals surface area contributed by atoms with Crippen molar-refractivity contribution in [3.8, 4) is 0 Å². The molecule has 19 heavy (non-hydrogen) atoms. The standard InChI is InChI=1S/C12H9FN2O4/c1-6-4-10(19-15-6)11(16)14-9-5-7(13)2-3-8(9)12(17)18/h2-5H,1H3,(H,14,16)(H,17,18). The van der Waals surface area contributed by atoms with Crippen LogP contribution in [-0.4, -0.2) is 22.1 Å². The number of benzene rings is 1. The van der Waals surface area contributed by atoms with E-state index in [1.165, 1.54) is 6.07 Å². The Bertz CT molecular complexity index is 651. The van der Waals surface area contributed by atoms with Gasteiger partial charge in [-0.3, -0.25) is 4.79 Å². The van der Waals surface area contributed by atoms with Gasteiger partial charge in [0.2, 0.25) is 5.76 Å². The lowest BCUT2D eigenvalue weighted by molar-refractivity contribution is 0.0698. The number of nitrogens with zero attached hydrogens (tertiary/aromatic N) is 1. The van der Waals surface area contributed by atoms with Crippen LogP contribution in [0.4, 0.5) is 10.1 Å². The van der Waals surface area contributed by atoms with Crippen molar-refractivity contribution in [2.24, 2.45) is 0 Å². The molecule has 0 saturated carbocycles. The molecule has 0 radical (unpaired) electrons. The number of aromatic nitrogens is 1. The van der Waals surface area contributed by atoms with Crippen molar-refractivity contribution in [1.82, 2.24) is 5.16 Å². The maximum atomic E-state index is 13.1. The average molecular weight is 264 g/mol. The zero-order chi connectivity index (χ0) is 14.0. The number of carboxylic acid groups (broad SMARTS) is 1. The maximum absolute atomic E-state index is 13.1. The third-order valence-electron chi connectivity index (χ3n) is 2.31. The first-order valence-corrected chi connectivity index (χ1v) is 5.25. The average Bonchev–Trinajstić information content (AvgIpc) is 2.75. The summed E-state index contributed by atoms with van der Waals surface area (Å²) in [6.07, 6.45) is 0. The van der Waals surface area contributed by atoms with Crippen LogP contribution in [0.25, 0.3) is 0 Å². The van der Waals surface area contributed by atoms with Gasteiger partial charge in [0.25, 0.3) is 5.91 Å². The van der Waals surface area contributed by atoms with Crippen molar-refractivity contribution >= 4 is 17.6 Å². The Labute approximate surface area is 106 Å². The van der Waals surface area contributed by atoms with Gasteiger partial charge in [-0.25, -0.2) is 9.18 Å². The summed E-state index contributed by atoms with van der Waals surface area (Å²) in [5.74, 6) is -2.72. The number of hydrogen-bond acceptors (Lipinski definition) is 4. The number of aryl methyl sites for hydroxylation is 1. The van der Waals surface area contributed by atoms with Gasteiger partial charge in [-0.1, -0.05) is 5.16 Å². The van der Waals surface area contributed by atoms with Crippen molar-refractivity contribution in [2.75, 3.05) is 5.32 Å². The molecule has 2 rings (SSSR count). The molecule has 0 aliphatic carbocycles. The predicted molar refractivity (Wildman–Crippen MR) is 62.6 cm³/mol. The smallest absolute Gasteiger partial charge is 0.337 e. The van der Waals surface area contributed by atoms with Gasteiger partial charge in [-0.05, 0) is 25.1 Å². The van der Waals surface area contributed by atoms with Gasteiger partial charge >= 0.3 is 5.97 Å². The highest BCUT2D eigenvalue weighted by atomic mass is 19.1. The van der Waals surface area contributed by atoms with Gasteiger partial charge in [-0.15, -0.1) is 0 Å². The molecule has 0 unspecified atom stereocenters. The van der Waals surface area contributed by atoms with Gasteiger partial charge in [0, 0.05) is 6.07 Å². The fourth-order valence-corrected chi connectivity index (χ4v) is 1.46. The van der Waals surface area contributed by atoms with E-state index in [-0.39, 0.29) is 17.0 Å². The van der Waals surface area contributed by atoms with Crippen molar-refractivity contribution in [2.45, 2.75) is 6.92 Å². The molecule has 0 spiro atoms. The normalized spacial score (nSPS) is 10.2. The lowest BCUT2D eigenvalue weighted by Gasteiger charge is -2.06. The van der Waals surface area contributed by atoms with Crippen LogP contribution in [0.15, 0.2) is 28.8 Å². The molecule has 6 nitrogen and oxygen atoms in total. The summed E-state index contributed by atoms with van der Waals surface area (Å²) < 4.78 is 17.8. The fraction of sp³-hybridized carbons (Fsp3) is 0.0833. The Hall–Kier alpha value is -2.70. The minimum atomic E-state index is -1.27. The quantitative estimate of drug-likeness (QED) is 0.885. The monoisotopic (exact) mass is 264 g/mol. The van der Waals surface area contributed by atoms with E-state index in [2.05, 4.69) is 10.5 Å². The Morgan fingerprint density at radius 3 is 2.68 bits per heavy atom. The van der Waals surface area contributed by atoms with Crippen LogP contribution in [0.5, 0.6) is 0 Å². The van der Waals surface area contributed by atoms with Crippen LogP contribution in [-0.2, 0) is 0 Å². The van der Waals surface area contributed by atoms with E-state index in [1.54, 1.807) is 6.92 Å². The lowest BCUT2D eigenvalue weighted by atomic mass is 10.1. The van der Waals surface area contributed by atoms with Gasteiger partial charge in [0.1, 0.15) is 5.82 Å². The van der Waals surface area contributed by atoms with E-state index >= 15 is 0 Å². The Kier molecular flexibility index (Phi) is 3.28. The van der Waals surface area contributed by atoms with E-state index in [9.17, 15) is 14.0 Å². The number of carbonyl (C=O) groups excluding carboxylic acids is 1. The number of nitrogens with one attached hydrogen (secondary N) is 1. The molecule has 2 N–H and O–H groups in total. The Morgan fingerprint density at radius 1 is 1.37 bits per heavy atom. The van der Waals surface area contributed by atoms with Gasteiger partial charge in [-0.2, -0.15) is 0 Å². The maximum Gasteiger partial charge on any atom is 0.337 e. The van der Waals surface area contributed by atoms with Crippen LogP contribution < -0.4 is 5.32 Å². The molecule has 0 atom stereocenters. The molecule has 0 aliphatic heterocycles. The molecular formula is C12H9FN2O4. The highest BCUT2D eigenvalue weighted by Gasteiger charge is 2.17. The fourth-order valence-electron chi connectivity index (χ4n) is 1.46. The molecule has 1 aromatic carbocycles. The first kappa shape index (κ1) is 12.7. The lowest BCUT2D eigenvalue weighted by Crippen LogP contribution is -2.14. The van der Waals surface area contributed by atoms with Gasteiger partial charge in [0.05, 0.1) is 16.9 Å². The topological polar surface area (TPSA) is 92.4 Å². The molecule has 0 aliphatic rings. The van der Waals surface area contributed by atoms with Crippen LogP contribution in [0.1, 0.15) is 26.6 Å². The van der Waals surface area contributed by atoms with Crippen molar-refractivity contribution in [3.05, 3.63) is 47.1 Å². The Balaban J connectivity index is 2.30. The van der Waals surface area contributed by atoms with E-state index in [1.807, 2.05) is 0 Å². The summed E-state index contributed by atoms with van der Waals surface area (Å²) in [4.78, 5) is 22.7. The number of carbonyl (C=O) groups is 2. The number of hydrogen-bond donors (Lipinski definition) is 2. The summed E-state index contributed by atoms with van der Waals surface area (Å²) in [6.45, 7) is 1.63. The summed E-state index contributed by atoms with van der Waals surface area (Å²) in [7, 11) is 0. The minimum absolute atomic E-state index is 0.0851. The second kappa shape index (κ2) is 4.89. The van der Waals surface area contributed by atoms with Crippen molar-refractivity contribution < 1.29 is 23.6 Å². The summed E-state index contributed by atoms with van der Waals surface area (Å²) >= 11 is 0. The third-order valence-corrected chi connectivity index (χ3v) is 2.31. The molecule has 98 valence electrons. The first-order valence-electron chi connectivity index (χ1n) is 5.25. The van der Waals surface area contributed by atoms with Crippen molar-refractivity contribution in [3.63, 3.8) is 0 Å². The van der Waals surface area contributed by atoms with Crippen LogP contribution in [0.2, 0.25) is 0 Å². The molecule has 1 aromatic heterocycles. The van der Waals surface area contributed by atoms with Crippen LogP contribution in [0, 0.1) is 12.7 Å². The number of amides is 1. The first-order chi connectivity index (χ1) is 8.97. The molecule has 7 heteroatoms. The zero-order valence-electron chi connectivity index (χ0n) is 9.81. The summed E-state index contributed by atoms with van der Waals surface area (Å²) in [5, 5.41) is 14.7. The zero-order valence-corrected chi connectivity index (χ0v) is 9.81. The number of anilines is 1. The highest BCUT2D eigenvalue weighted by molar-refractivity contribution is 6.06. The van der Waals surface area contributed by atoms with Crippen LogP contribution in [0.3, 0.4) is 0 Å². The third kappa shape index (κ3) is 2.76. The molecule has 1 heterocycles. The largest absolute Gasteiger partial charge is 0.478 e. The van der Waals surface area contributed by atoms with Gasteiger partial charge in [0.15, 0.2) is 0 Å². The van der Waals surface area contributed by atoms with Crippen molar-refractivity contribution in [1.29, 1.82) is 0 Å². The van der Waals surface area contributed by atoms with Gasteiger partial charge < -0.3 is 14.9 Å². The van der Waals surface area contributed by atoms with E-state index < -0.39 is 17.7 Å². The minimum Gasteiger partial charge on any atom is -0.478 e. The second-order valence-corrected chi connectivity index (χ2v) is 3.78. The molecular weight excluding hydrogens is 255 g/mol.